The molecule has 2 heterocycles. The Labute approximate surface area is 112 Å². The van der Waals surface area contributed by atoms with Gasteiger partial charge >= 0.3 is 5.69 Å². The van der Waals surface area contributed by atoms with Gasteiger partial charge in [0.25, 0.3) is 5.56 Å². The Morgan fingerprint density at radius 3 is 2.63 bits per heavy atom. The Balaban J connectivity index is 2.22. The van der Waals surface area contributed by atoms with E-state index in [1.165, 1.54) is 4.57 Å². The van der Waals surface area contributed by atoms with Gasteiger partial charge in [-0.15, -0.1) is 0 Å². The Morgan fingerprint density at radius 2 is 1.89 bits per heavy atom. The highest BCUT2D eigenvalue weighted by Gasteiger charge is 2.11. The lowest BCUT2D eigenvalue weighted by Gasteiger charge is -2.05. The number of unbranched alkanes of at least 4 members (excludes halogenated alkanes) is 3. The molecule has 2 aromatic heterocycles. The maximum absolute atomic E-state index is 11.9. The van der Waals surface area contributed by atoms with Gasteiger partial charge in [0, 0.05) is 6.54 Å². The summed E-state index contributed by atoms with van der Waals surface area (Å²) in [5.41, 5.74) is -0.600. The molecule has 2 N–H and O–H groups in total. The molecule has 0 radical (unpaired) electrons. The van der Waals surface area contributed by atoms with Crippen LogP contribution in [0.5, 0.6) is 0 Å². The maximum atomic E-state index is 11.9. The minimum atomic E-state index is -0.534. The number of aromatic amines is 2. The summed E-state index contributed by atoms with van der Waals surface area (Å²) in [6.07, 6.45) is 2.84. The lowest BCUT2D eigenvalue weighted by atomic mass is 10.2. The standard InChI is InChI=1S/C11H14ClFN4O2/c12-10-14-7-8(15-10)17(11(19)16-9(7)18)6-4-2-1-3-5-13/h1-6H2,(H,14,15)(H,16,18,19). The lowest BCUT2D eigenvalue weighted by molar-refractivity contribution is 0.447. The van der Waals surface area contributed by atoms with E-state index in [9.17, 15) is 14.0 Å². The summed E-state index contributed by atoms with van der Waals surface area (Å²) in [5.74, 6) is 0. The number of halogens is 2. The number of fused-ring (bicyclic) bond motifs is 1. The first-order valence-corrected chi connectivity index (χ1v) is 6.45. The smallest absolute Gasteiger partial charge is 0.323 e. The molecule has 0 bridgehead atoms. The number of aromatic nitrogens is 4. The van der Waals surface area contributed by atoms with Gasteiger partial charge in [-0.05, 0) is 24.4 Å². The predicted octanol–water partition coefficient (Wildman–Crippen LogP) is 1.60. The van der Waals surface area contributed by atoms with Crippen molar-refractivity contribution in [3.63, 3.8) is 0 Å². The fourth-order valence-corrected chi connectivity index (χ4v) is 2.11. The zero-order valence-electron chi connectivity index (χ0n) is 10.2. The molecule has 0 saturated carbocycles. The number of imidazole rings is 1. The van der Waals surface area contributed by atoms with Crippen LogP contribution in [0.2, 0.25) is 5.28 Å². The Morgan fingerprint density at radius 1 is 1.16 bits per heavy atom. The van der Waals surface area contributed by atoms with Crippen LogP contribution in [0.15, 0.2) is 9.59 Å². The Kier molecular flexibility index (Phi) is 4.36. The second kappa shape index (κ2) is 6.01. The summed E-state index contributed by atoms with van der Waals surface area (Å²) < 4.78 is 13.3. The van der Waals surface area contributed by atoms with Crippen molar-refractivity contribution in [3.8, 4) is 0 Å². The molecule has 0 aliphatic rings. The summed E-state index contributed by atoms with van der Waals surface area (Å²) in [6.45, 7) is 0.0946. The number of rotatable bonds is 6. The number of alkyl halides is 1. The van der Waals surface area contributed by atoms with Crippen LogP contribution < -0.4 is 11.2 Å². The predicted molar refractivity (Wildman–Crippen MR) is 70.4 cm³/mol. The fraction of sp³-hybridized carbons (Fsp3) is 0.545. The number of H-pyrrole nitrogens is 2. The van der Waals surface area contributed by atoms with Crippen LogP contribution in [0.3, 0.4) is 0 Å². The molecule has 0 spiro atoms. The molecule has 0 aliphatic heterocycles. The van der Waals surface area contributed by atoms with E-state index >= 15 is 0 Å². The highest BCUT2D eigenvalue weighted by molar-refractivity contribution is 6.28. The Hall–Kier alpha value is -1.63. The lowest BCUT2D eigenvalue weighted by Crippen LogP contribution is -2.30. The average Bonchev–Trinajstić information content (AvgIpc) is 2.75. The van der Waals surface area contributed by atoms with Gasteiger partial charge in [0.05, 0.1) is 6.67 Å². The molecule has 0 fully saturated rings. The molecule has 0 aromatic carbocycles. The third-order valence-corrected chi connectivity index (χ3v) is 3.05. The largest absolute Gasteiger partial charge is 0.330 e. The quantitative estimate of drug-likeness (QED) is 0.625. The van der Waals surface area contributed by atoms with Crippen molar-refractivity contribution < 1.29 is 4.39 Å². The van der Waals surface area contributed by atoms with Crippen LogP contribution in [0.25, 0.3) is 11.2 Å². The first-order chi connectivity index (χ1) is 9.13. The molecule has 0 amide bonds. The molecule has 0 atom stereocenters. The van der Waals surface area contributed by atoms with Crippen LogP contribution in [0, 0.1) is 0 Å². The van der Waals surface area contributed by atoms with Crippen molar-refractivity contribution in [1.29, 1.82) is 0 Å². The number of aryl methyl sites for hydroxylation is 1. The van der Waals surface area contributed by atoms with E-state index in [2.05, 4.69) is 15.0 Å². The fourth-order valence-electron chi connectivity index (χ4n) is 1.94. The van der Waals surface area contributed by atoms with E-state index in [1.807, 2.05) is 0 Å². The SMILES string of the molecule is O=c1[nH]c(=O)n(CCCCCCF)c2nc(Cl)[nH]c12. The Bertz CT molecular complexity index is 675. The summed E-state index contributed by atoms with van der Waals surface area (Å²) in [6, 6.07) is 0. The molecule has 2 aromatic rings. The molecule has 6 nitrogen and oxygen atoms in total. The highest BCUT2D eigenvalue weighted by atomic mass is 35.5. The normalized spacial score (nSPS) is 11.3. The minimum Gasteiger partial charge on any atom is -0.323 e. The van der Waals surface area contributed by atoms with E-state index in [0.717, 1.165) is 12.8 Å². The third kappa shape index (κ3) is 3.04. The van der Waals surface area contributed by atoms with E-state index in [4.69, 9.17) is 11.6 Å². The van der Waals surface area contributed by atoms with Crippen LogP contribution in [-0.4, -0.2) is 26.2 Å². The highest BCUT2D eigenvalue weighted by Crippen LogP contribution is 2.10. The van der Waals surface area contributed by atoms with Crippen molar-refractivity contribution in [3.05, 3.63) is 26.1 Å². The first-order valence-electron chi connectivity index (χ1n) is 6.08. The van der Waals surface area contributed by atoms with Gasteiger partial charge in [0.15, 0.2) is 11.2 Å². The van der Waals surface area contributed by atoms with Gasteiger partial charge in [0.2, 0.25) is 5.28 Å². The molecular weight excluding hydrogens is 275 g/mol. The molecule has 104 valence electrons. The van der Waals surface area contributed by atoms with E-state index in [0.29, 0.717) is 19.4 Å². The molecule has 8 heteroatoms. The van der Waals surface area contributed by atoms with Gasteiger partial charge < -0.3 is 4.98 Å². The molecule has 0 unspecified atom stereocenters. The van der Waals surface area contributed by atoms with Crippen molar-refractivity contribution in [1.82, 2.24) is 19.5 Å². The van der Waals surface area contributed by atoms with Gasteiger partial charge in [-0.2, -0.15) is 4.98 Å². The van der Waals surface area contributed by atoms with Gasteiger partial charge in [-0.1, -0.05) is 12.8 Å². The van der Waals surface area contributed by atoms with Gasteiger partial charge in [-0.25, -0.2) is 4.79 Å². The average molecular weight is 289 g/mol. The molecular formula is C11H14ClFN4O2. The van der Waals surface area contributed by atoms with Gasteiger partial charge in [-0.3, -0.25) is 18.7 Å². The second-order valence-corrected chi connectivity index (χ2v) is 4.60. The van der Waals surface area contributed by atoms with E-state index in [1.54, 1.807) is 0 Å². The zero-order valence-corrected chi connectivity index (χ0v) is 11.0. The van der Waals surface area contributed by atoms with Gasteiger partial charge in [0.1, 0.15) is 0 Å². The number of hydrogen-bond donors (Lipinski definition) is 2. The zero-order chi connectivity index (χ0) is 13.8. The monoisotopic (exact) mass is 288 g/mol. The van der Waals surface area contributed by atoms with Crippen molar-refractivity contribution in [2.24, 2.45) is 0 Å². The molecule has 2 rings (SSSR count). The van der Waals surface area contributed by atoms with Crippen molar-refractivity contribution >= 4 is 22.8 Å². The summed E-state index contributed by atoms with van der Waals surface area (Å²) in [5, 5.41) is 0.0669. The molecule has 0 saturated heterocycles. The molecule has 19 heavy (non-hydrogen) atoms. The van der Waals surface area contributed by atoms with Crippen molar-refractivity contribution in [2.45, 2.75) is 32.2 Å². The summed E-state index contributed by atoms with van der Waals surface area (Å²) in [7, 11) is 0. The third-order valence-electron chi connectivity index (χ3n) is 2.87. The second-order valence-electron chi connectivity index (χ2n) is 4.24. The van der Waals surface area contributed by atoms with Crippen LogP contribution >= 0.6 is 11.6 Å². The minimum absolute atomic E-state index is 0.0669. The van der Waals surface area contributed by atoms with Crippen LogP contribution in [-0.2, 0) is 6.54 Å². The first kappa shape index (κ1) is 13.8. The van der Waals surface area contributed by atoms with E-state index in [-0.39, 0.29) is 23.1 Å². The van der Waals surface area contributed by atoms with Crippen LogP contribution in [0.1, 0.15) is 25.7 Å². The number of hydrogen-bond acceptors (Lipinski definition) is 3. The number of nitrogens with zero attached hydrogens (tertiary/aromatic N) is 2. The topological polar surface area (TPSA) is 83.5 Å². The summed E-state index contributed by atoms with van der Waals surface area (Å²) in [4.78, 5) is 32.0. The van der Waals surface area contributed by atoms with Crippen LogP contribution in [0.4, 0.5) is 4.39 Å². The van der Waals surface area contributed by atoms with E-state index < -0.39 is 11.2 Å². The van der Waals surface area contributed by atoms with Crippen molar-refractivity contribution in [2.75, 3.05) is 6.67 Å². The molecule has 0 aliphatic carbocycles. The summed E-state index contributed by atoms with van der Waals surface area (Å²) >= 11 is 5.71. The number of nitrogens with one attached hydrogen (secondary N) is 2. The maximum Gasteiger partial charge on any atom is 0.330 e.